The topological polar surface area (TPSA) is 76.9 Å². The van der Waals surface area contributed by atoms with Crippen molar-refractivity contribution in [3.05, 3.63) is 29.8 Å². The summed E-state index contributed by atoms with van der Waals surface area (Å²) in [6.45, 7) is 8.57. The third-order valence-corrected chi connectivity index (χ3v) is 4.76. The molecule has 0 aromatic heterocycles. The summed E-state index contributed by atoms with van der Waals surface area (Å²) in [5, 5.41) is 8.80. The lowest BCUT2D eigenvalue weighted by molar-refractivity contribution is -0.133. The molecule has 27 heavy (non-hydrogen) atoms. The van der Waals surface area contributed by atoms with Crippen molar-refractivity contribution in [2.75, 3.05) is 52.4 Å². The Hall–Kier alpha value is -2.59. The van der Waals surface area contributed by atoms with E-state index in [1.807, 2.05) is 24.8 Å². The number of carbonyl (C=O) groups excluding carboxylic acids is 2. The molecule has 0 saturated carbocycles. The third kappa shape index (κ3) is 6.26. The van der Waals surface area contributed by atoms with E-state index in [1.54, 1.807) is 29.2 Å². The average molecular weight is 372 g/mol. The molecule has 1 aromatic rings. The van der Waals surface area contributed by atoms with E-state index < -0.39 is 0 Å². The molecule has 1 saturated heterocycles. The zero-order valence-corrected chi connectivity index (χ0v) is 16.2. The average Bonchev–Trinajstić information content (AvgIpc) is 2.93. The first-order valence-corrected chi connectivity index (χ1v) is 9.48. The van der Waals surface area contributed by atoms with Gasteiger partial charge in [-0.15, -0.1) is 0 Å². The van der Waals surface area contributed by atoms with Gasteiger partial charge in [-0.3, -0.25) is 14.5 Å². The van der Waals surface area contributed by atoms with Crippen LogP contribution in [-0.4, -0.2) is 78.9 Å². The molecule has 1 aliphatic rings. The van der Waals surface area contributed by atoms with Gasteiger partial charge in [-0.1, -0.05) is 0 Å². The maximum absolute atomic E-state index is 12.4. The molecule has 146 valence electrons. The number of hydrogen-bond donors (Lipinski definition) is 0. The monoisotopic (exact) mass is 372 g/mol. The lowest BCUT2D eigenvalue weighted by Crippen LogP contribution is -2.42. The zero-order chi connectivity index (χ0) is 19.6. The van der Waals surface area contributed by atoms with Gasteiger partial charge in [0.15, 0.2) is 6.61 Å². The molecule has 0 unspecified atom stereocenters. The molecule has 1 heterocycles. The fraction of sp³-hybridized carbons (Fsp3) is 0.550. The van der Waals surface area contributed by atoms with Crippen molar-refractivity contribution in [1.82, 2.24) is 14.7 Å². The molecule has 0 aliphatic carbocycles. The number of carbonyl (C=O) groups is 2. The lowest BCUT2D eigenvalue weighted by atomic mass is 10.2. The summed E-state index contributed by atoms with van der Waals surface area (Å²) in [5.41, 5.74) is 0.556. The fourth-order valence-electron chi connectivity index (χ4n) is 3.11. The molecule has 0 spiro atoms. The minimum absolute atomic E-state index is 0.0235. The predicted octanol–water partition coefficient (Wildman–Crippen LogP) is 1.34. The Balaban J connectivity index is 1.79. The van der Waals surface area contributed by atoms with Crippen molar-refractivity contribution in [3.8, 4) is 11.8 Å². The van der Waals surface area contributed by atoms with E-state index in [4.69, 9.17) is 10.00 Å². The molecular weight excluding hydrogens is 344 g/mol. The number of amides is 2. The quantitative estimate of drug-likeness (QED) is 0.722. The van der Waals surface area contributed by atoms with Crippen molar-refractivity contribution in [2.24, 2.45) is 0 Å². The first kappa shape index (κ1) is 20.7. The molecule has 1 fully saturated rings. The van der Waals surface area contributed by atoms with E-state index in [1.165, 1.54) is 0 Å². The Labute approximate surface area is 161 Å². The first-order chi connectivity index (χ1) is 13.1. The molecule has 7 heteroatoms. The highest BCUT2D eigenvalue weighted by atomic mass is 16.5. The summed E-state index contributed by atoms with van der Waals surface area (Å²) >= 11 is 0. The van der Waals surface area contributed by atoms with Crippen LogP contribution in [0.2, 0.25) is 0 Å². The van der Waals surface area contributed by atoms with E-state index in [9.17, 15) is 9.59 Å². The SMILES string of the molecule is CCN(CC)C(=O)CN1CCCN(C(=O)COc2ccc(C#N)cc2)CC1. The number of ether oxygens (including phenoxy) is 1. The predicted molar refractivity (Wildman–Crippen MR) is 102 cm³/mol. The maximum atomic E-state index is 12.4. The van der Waals surface area contributed by atoms with Crippen LogP contribution >= 0.6 is 0 Å². The number of benzene rings is 1. The summed E-state index contributed by atoms with van der Waals surface area (Å²) in [5.74, 6) is 0.656. The van der Waals surface area contributed by atoms with Crippen LogP contribution in [0.5, 0.6) is 5.75 Å². The van der Waals surface area contributed by atoms with Crippen LogP contribution in [0, 0.1) is 11.3 Å². The second-order valence-electron chi connectivity index (χ2n) is 6.50. The molecular formula is C20H28N4O3. The maximum Gasteiger partial charge on any atom is 0.260 e. The van der Waals surface area contributed by atoms with E-state index in [0.717, 1.165) is 26.1 Å². The van der Waals surface area contributed by atoms with Crippen LogP contribution in [0.1, 0.15) is 25.8 Å². The number of nitriles is 1. The van der Waals surface area contributed by atoms with Crippen LogP contribution in [0.25, 0.3) is 0 Å². The Morgan fingerprint density at radius 3 is 2.44 bits per heavy atom. The first-order valence-electron chi connectivity index (χ1n) is 9.48. The number of likely N-dealkylation sites (N-methyl/N-ethyl adjacent to an activating group) is 1. The Morgan fingerprint density at radius 2 is 1.81 bits per heavy atom. The number of rotatable bonds is 7. The van der Waals surface area contributed by atoms with Crippen LogP contribution in [0.3, 0.4) is 0 Å². The molecule has 7 nitrogen and oxygen atoms in total. The molecule has 0 N–H and O–H groups in total. The Morgan fingerprint density at radius 1 is 1.11 bits per heavy atom. The van der Waals surface area contributed by atoms with Crippen molar-refractivity contribution < 1.29 is 14.3 Å². The molecule has 0 atom stereocenters. The third-order valence-electron chi connectivity index (χ3n) is 4.76. The normalized spacial score (nSPS) is 14.9. The highest BCUT2D eigenvalue weighted by molar-refractivity contribution is 5.78. The fourth-order valence-corrected chi connectivity index (χ4v) is 3.11. The van der Waals surface area contributed by atoms with E-state index in [0.29, 0.717) is 37.5 Å². The second kappa shape index (κ2) is 10.5. The summed E-state index contributed by atoms with van der Waals surface area (Å²) in [4.78, 5) is 30.5. The molecule has 2 amide bonds. The van der Waals surface area contributed by atoms with Gasteiger partial charge in [0.25, 0.3) is 5.91 Å². The molecule has 1 aliphatic heterocycles. The van der Waals surface area contributed by atoms with E-state index >= 15 is 0 Å². The molecule has 0 bridgehead atoms. The van der Waals surface area contributed by atoms with Crippen molar-refractivity contribution >= 4 is 11.8 Å². The van der Waals surface area contributed by atoms with Gasteiger partial charge in [0.05, 0.1) is 18.2 Å². The Bertz CT molecular complexity index is 665. The Kier molecular flexibility index (Phi) is 8.08. The highest BCUT2D eigenvalue weighted by Gasteiger charge is 2.22. The van der Waals surface area contributed by atoms with Gasteiger partial charge in [-0.25, -0.2) is 0 Å². The van der Waals surface area contributed by atoms with Gasteiger partial charge >= 0.3 is 0 Å². The van der Waals surface area contributed by atoms with Crippen LogP contribution in [0.4, 0.5) is 0 Å². The van der Waals surface area contributed by atoms with Crippen LogP contribution in [-0.2, 0) is 9.59 Å². The van der Waals surface area contributed by atoms with Gasteiger partial charge in [0, 0.05) is 39.3 Å². The summed E-state index contributed by atoms with van der Waals surface area (Å²) in [7, 11) is 0. The highest BCUT2D eigenvalue weighted by Crippen LogP contribution is 2.12. The number of hydrogen-bond acceptors (Lipinski definition) is 5. The summed E-state index contributed by atoms with van der Waals surface area (Å²) in [6.07, 6.45) is 0.841. The van der Waals surface area contributed by atoms with E-state index in [-0.39, 0.29) is 18.4 Å². The van der Waals surface area contributed by atoms with Crippen molar-refractivity contribution in [3.63, 3.8) is 0 Å². The van der Waals surface area contributed by atoms with Gasteiger partial charge in [0.2, 0.25) is 5.91 Å². The van der Waals surface area contributed by atoms with Crippen molar-refractivity contribution in [1.29, 1.82) is 5.26 Å². The van der Waals surface area contributed by atoms with E-state index in [2.05, 4.69) is 4.90 Å². The molecule has 1 aromatic carbocycles. The smallest absolute Gasteiger partial charge is 0.260 e. The van der Waals surface area contributed by atoms with Crippen molar-refractivity contribution in [2.45, 2.75) is 20.3 Å². The number of nitrogens with zero attached hydrogens (tertiary/aromatic N) is 4. The van der Waals surface area contributed by atoms with Gasteiger partial charge in [-0.2, -0.15) is 5.26 Å². The minimum Gasteiger partial charge on any atom is -0.484 e. The minimum atomic E-state index is -0.0590. The lowest BCUT2D eigenvalue weighted by Gasteiger charge is -2.25. The van der Waals surface area contributed by atoms with Gasteiger partial charge in [0.1, 0.15) is 5.75 Å². The van der Waals surface area contributed by atoms with Gasteiger partial charge in [-0.05, 0) is 44.5 Å². The standard InChI is InChI=1S/C20H28N4O3/c1-3-23(4-2)19(25)15-22-10-5-11-24(13-12-22)20(26)16-27-18-8-6-17(14-21)7-9-18/h6-9H,3-5,10-13,15-16H2,1-2H3. The summed E-state index contributed by atoms with van der Waals surface area (Å²) in [6, 6.07) is 8.75. The zero-order valence-electron chi connectivity index (χ0n) is 16.2. The van der Waals surface area contributed by atoms with Crippen LogP contribution in [0.15, 0.2) is 24.3 Å². The largest absolute Gasteiger partial charge is 0.484 e. The molecule has 2 rings (SSSR count). The second-order valence-corrected chi connectivity index (χ2v) is 6.50. The van der Waals surface area contributed by atoms with Gasteiger partial charge < -0.3 is 14.5 Å². The van der Waals surface area contributed by atoms with Crippen LogP contribution < -0.4 is 4.74 Å². The summed E-state index contributed by atoms with van der Waals surface area (Å²) < 4.78 is 5.54. The molecule has 0 radical (unpaired) electrons.